The Morgan fingerprint density at radius 1 is 0.875 bits per heavy atom. The van der Waals surface area contributed by atoms with Crippen molar-refractivity contribution in [3.05, 3.63) is 94.7 Å². The molecule has 0 aliphatic rings. The molecule has 2 heterocycles. The van der Waals surface area contributed by atoms with Crippen LogP contribution < -0.4 is 0 Å². The number of aromatic nitrogens is 6. The summed E-state index contributed by atoms with van der Waals surface area (Å²) in [6.45, 7) is 0.406. The normalized spacial score (nSPS) is 11.2. The molecule has 0 fully saturated rings. The van der Waals surface area contributed by atoms with Crippen LogP contribution in [-0.2, 0) is 6.54 Å². The van der Waals surface area contributed by atoms with Gasteiger partial charge in [-0.1, -0.05) is 75.4 Å². The lowest BCUT2D eigenvalue weighted by molar-refractivity contribution is 0.102. The number of carbonyl (C=O) groups is 1. The third kappa shape index (κ3) is 4.21. The van der Waals surface area contributed by atoms with E-state index in [1.807, 2.05) is 83.4 Å². The van der Waals surface area contributed by atoms with Crippen molar-refractivity contribution in [3.63, 3.8) is 0 Å². The Balaban J connectivity index is 1.45. The lowest BCUT2D eigenvalue weighted by atomic mass is 10.2. The Morgan fingerprint density at radius 3 is 2.44 bits per heavy atom. The minimum absolute atomic E-state index is 0.0360. The number of carbonyl (C=O) groups excluding carboxylic acids is 1. The lowest BCUT2D eigenvalue weighted by Gasteiger charge is -2.10. The highest BCUT2D eigenvalue weighted by Gasteiger charge is 2.18. The second-order valence-corrected chi connectivity index (χ2v) is 8.88. The Hall–Kier alpha value is -3.30. The Kier molecular flexibility index (Phi) is 5.83. The fraction of sp³-hybridized carbons (Fsp3) is 0.0870. The summed E-state index contributed by atoms with van der Waals surface area (Å²) in [7, 11) is 0. The summed E-state index contributed by atoms with van der Waals surface area (Å²) in [5, 5.41) is 18.0. The molecule has 2 aromatic heterocycles. The molecule has 158 valence electrons. The SMILES string of the molecule is O=C(CSc1nnc(Cn2nnc3ccccc32)n1-c1ccccc1)c1ccc(Br)cc1. The zero-order chi connectivity index (χ0) is 21.9. The fourth-order valence-electron chi connectivity index (χ4n) is 3.35. The zero-order valence-electron chi connectivity index (χ0n) is 16.8. The van der Waals surface area contributed by atoms with Gasteiger partial charge in [0.2, 0.25) is 0 Å². The summed E-state index contributed by atoms with van der Waals surface area (Å²) in [6, 6.07) is 25.0. The number of Topliss-reactive ketones (excluding diaryl/α,β-unsaturated/α-hetero) is 1. The minimum atomic E-state index is 0.0360. The van der Waals surface area contributed by atoms with Gasteiger partial charge >= 0.3 is 0 Å². The molecule has 7 nitrogen and oxygen atoms in total. The van der Waals surface area contributed by atoms with E-state index in [1.54, 1.807) is 4.68 Å². The number of halogens is 1. The fourth-order valence-corrected chi connectivity index (χ4v) is 4.48. The standard InChI is InChI=1S/C23H17BrN6OS/c24-17-12-10-16(11-13-17)21(31)15-32-23-27-26-22(30(23)18-6-2-1-3-7-18)14-29-20-9-5-4-8-19(20)25-28-29/h1-13H,14-15H2. The summed E-state index contributed by atoms with van der Waals surface area (Å²) < 4.78 is 4.71. The molecule has 3 aromatic carbocycles. The quantitative estimate of drug-likeness (QED) is 0.234. The van der Waals surface area contributed by atoms with Gasteiger partial charge in [0.25, 0.3) is 0 Å². The van der Waals surface area contributed by atoms with Crippen LogP contribution >= 0.6 is 27.7 Å². The van der Waals surface area contributed by atoms with E-state index >= 15 is 0 Å². The Labute approximate surface area is 196 Å². The topological polar surface area (TPSA) is 78.5 Å². The first-order valence-corrected chi connectivity index (χ1v) is 11.7. The molecular weight excluding hydrogens is 488 g/mol. The first-order chi connectivity index (χ1) is 15.7. The summed E-state index contributed by atoms with van der Waals surface area (Å²) in [4.78, 5) is 12.7. The summed E-state index contributed by atoms with van der Waals surface area (Å²) in [5.41, 5.74) is 3.35. The molecule has 32 heavy (non-hydrogen) atoms. The van der Waals surface area contributed by atoms with E-state index in [4.69, 9.17) is 0 Å². The van der Waals surface area contributed by atoms with E-state index in [1.165, 1.54) is 11.8 Å². The van der Waals surface area contributed by atoms with Crippen molar-refractivity contribution in [2.24, 2.45) is 0 Å². The van der Waals surface area contributed by atoms with Gasteiger partial charge in [-0.3, -0.25) is 9.36 Å². The van der Waals surface area contributed by atoms with E-state index < -0.39 is 0 Å². The van der Waals surface area contributed by atoms with Gasteiger partial charge in [0, 0.05) is 15.7 Å². The summed E-state index contributed by atoms with van der Waals surface area (Å²) in [6.07, 6.45) is 0. The molecule has 5 rings (SSSR count). The maximum atomic E-state index is 12.7. The molecule has 0 bridgehead atoms. The van der Waals surface area contributed by atoms with Crippen LogP contribution in [0, 0.1) is 0 Å². The van der Waals surface area contributed by atoms with Crippen LogP contribution in [0.4, 0.5) is 0 Å². The molecule has 0 saturated heterocycles. The number of rotatable bonds is 7. The number of ketones is 1. The summed E-state index contributed by atoms with van der Waals surface area (Å²) >= 11 is 4.77. The Bertz CT molecular complexity index is 1380. The number of para-hydroxylation sites is 2. The van der Waals surface area contributed by atoms with Gasteiger partial charge in [0.05, 0.1) is 11.3 Å². The van der Waals surface area contributed by atoms with Gasteiger partial charge < -0.3 is 0 Å². The predicted octanol–water partition coefficient (Wildman–Crippen LogP) is 4.80. The van der Waals surface area contributed by atoms with Crippen LogP contribution in [0.15, 0.2) is 88.5 Å². The number of benzene rings is 3. The van der Waals surface area contributed by atoms with Crippen LogP contribution in [0.1, 0.15) is 16.2 Å². The van der Waals surface area contributed by atoms with Crippen molar-refractivity contribution in [1.29, 1.82) is 0 Å². The van der Waals surface area contributed by atoms with Gasteiger partial charge in [-0.2, -0.15) is 0 Å². The van der Waals surface area contributed by atoms with Crippen LogP contribution in [0.25, 0.3) is 16.7 Å². The third-order valence-electron chi connectivity index (χ3n) is 4.92. The van der Waals surface area contributed by atoms with Gasteiger partial charge in [0.15, 0.2) is 16.8 Å². The van der Waals surface area contributed by atoms with Gasteiger partial charge in [-0.25, -0.2) is 4.68 Å². The molecule has 0 atom stereocenters. The monoisotopic (exact) mass is 504 g/mol. The van der Waals surface area contributed by atoms with E-state index in [2.05, 4.69) is 36.4 Å². The highest BCUT2D eigenvalue weighted by molar-refractivity contribution is 9.10. The molecule has 0 aliphatic carbocycles. The van der Waals surface area contributed by atoms with E-state index in [9.17, 15) is 4.79 Å². The molecular formula is C23H17BrN6OS. The second kappa shape index (κ2) is 9.05. The number of thioether (sulfide) groups is 1. The van der Waals surface area contributed by atoms with Crippen molar-refractivity contribution in [2.45, 2.75) is 11.7 Å². The molecule has 9 heteroatoms. The van der Waals surface area contributed by atoms with Crippen molar-refractivity contribution >= 4 is 44.5 Å². The van der Waals surface area contributed by atoms with Crippen molar-refractivity contribution < 1.29 is 4.79 Å². The van der Waals surface area contributed by atoms with Gasteiger partial charge in [-0.15, -0.1) is 15.3 Å². The predicted molar refractivity (Wildman–Crippen MR) is 127 cm³/mol. The highest BCUT2D eigenvalue weighted by Crippen LogP contribution is 2.24. The van der Waals surface area contributed by atoms with Gasteiger partial charge in [-0.05, 0) is 36.4 Å². The lowest BCUT2D eigenvalue weighted by Crippen LogP contribution is -2.10. The van der Waals surface area contributed by atoms with Crippen LogP contribution in [-0.4, -0.2) is 41.3 Å². The molecule has 0 radical (unpaired) electrons. The molecule has 0 spiro atoms. The number of hydrogen-bond acceptors (Lipinski definition) is 6. The average Bonchev–Trinajstić information content (AvgIpc) is 3.43. The minimum Gasteiger partial charge on any atom is -0.293 e. The van der Waals surface area contributed by atoms with E-state index in [0.717, 1.165) is 21.2 Å². The van der Waals surface area contributed by atoms with E-state index in [0.29, 0.717) is 23.1 Å². The maximum absolute atomic E-state index is 12.7. The highest BCUT2D eigenvalue weighted by atomic mass is 79.9. The average molecular weight is 505 g/mol. The molecule has 0 N–H and O–H groups in total. The van der Waals surface area contributed by atoms with Gasteiger partial charge in [0.1, 0.15) is 12.1 Å². The molecule has 5 aromatic rings. The number of hydrogen-bond donors (Lipinski definition) is 0. The summed E-state index contributed by atoms with van der Waals surface area (Å²) in [5.74, 6) is 1.01. The maximum Gasteiger partial charge on any atom is 0.196 e. The smallest absolute Gasteiger partial charge is 0.196 e. The molecule has 0 unspecified atom stereocenters. The van der Waals surface area contributed by atoms with Crippen molar-refractivity contribution in [3.8, 4) is 5.69 Å². The van der Waals surface area contributed by atoms with Crippen molar-refractivity contribution in [2.75, 3.05) is 5.75 Å². The van der Waals surface area contributed by atoms with E-state index in [-0.39, 0.29) is 11.5 Å². The van der Waals surface area contributed by atoms with Crippen LogP contribution in [0.3, 0.4) is 0 Å². The Morgan fingerprint density at radius 2 is 1.62 bits per heavy atom. The van der Waals surface area contributed by atoms with Crippen LogP contribution in [0.2, 0.25) is 0 Å². The first kappa shape index (κ1) is 20.6. The molecule has 0 aliphatic heterocycles. The largest absolute Gasteiger partial charge is 0.293 e. The zero-order valence-corrected chi connectivity index (χ0v) is 19.2. The third-order valence-corrected chi connectivity index (χ3v) is 6.38. The molecule has 0 saturated carbocycles. The second-order valence-electron chi connectivity index (χ2n) is 7.02. The molecule has 0 amide bonds. The van der Waals surface area contributed by atoms with Crippen molar-refractivity contribution in [1.82, 2.24) is 29.8 Å². The number of nitrogens with zero attached hydrogens (tertiary/aromatic N) is 6. The number of fused-ring (bicyclic) bond motifs is 1. The first-order valence-electron chi connectivity index (χ1n) is 9.88. The van der Waals surface area contributed by atoms with Crippen LogP contribution in [0.5, 0.6) is 0 Å².